The van der Waals surface area contributed by atoms with Crippen LogP contribution in [0.3, 0.4) is 0 Å². The van der Waals surface area contributed by atoms with Gasteiger partial charge in [-0.1, -0.05) is 23.4 Å². The van der Waals surface area contributed by atoms with E-state index in [4.69, 9.17) is 9.26 Å². The quantitative estimate of drug-likeness (QED) is 0.602. The molecular weight excluding hydrogens is 362 g/mol. The fourth-order valence-electron chi connectivity index (χ4n) is 4.11. The molecule has 2 aromatic heterocycles. The third-order valence-corrected chi connectivity index (χ3v) is 5.87. The molecule has 0 radical (unpaired) electrons. The molecule has 5 nitrogen and oxygen atoms in total. The highest BCUT2D eigenvalue weighted by atomic mass is 16.5. The third-order valence-electron chi connectivity index (χ3n) is 5.87. The van der Waals surface area contributed by atoms with Crippen molar-refractivity contribution in [2.45, 2.75) is 46.3 Å². The molecule has 0 amide bonds. The molecule has 0 aliphatic carbocycles. The highest BCUT2D eigenvalue weighted by molar-refractivity contribution is 5.30. The summed E-state index contributed by atoms with van der Waals surface area (Å²) in [5, 5.41) is 4.05. The highest BCUT2D eigenvalue weighted by Gasteiger charge is 2.34. The van der Waals surface area contributed by atoms with Gasteiger partial charge in [0.2, 0.25) is 0 Å². The maximum Gasteiger partial charge on any atom is 0.137 e. The van der Waals surface area contributed by atoms with Crippen molar-refractivity contribution in [2.75, 3.05) is 13.2 Å². The Kier molecular flexibility index (Phi) is 6.07. The van der Waals surface area contributed by atoms with Gasteiger partial charge in [-0.25, -0.2) is 0 Å². The minimum absolute atomic E-state index is 0.329. The van der Waals surface area contributed by atoms with E-state index in [1.54, 1.807) is 0 Å². The van der Waals surface area contributed by atoms with Crippen LogP contribution in [-0.2, 0) is 24.2 Å². The number of nitrogens with zero attached hydrogens (tertiary/aromatic N) is 3. The van der Waals surface area contributed by atoms with Gasteiger partial charge >= 0.3 is 0 Å². The summed E-state index contributed by atoms with van der Waals surface area (Å²) in [6.07, 6.45) is 4.58. The van der Waals surface area contributed by atoms with E-state index >= 15 is 0 Å². The Morgan fingerprint density at radius 3 is 2.45 bits per heavy atom. The van der Waals surface area contributed by atoms with Crippen LogP contribution in [-0.4, -0.2) is 34.3 Å². The van der Waals surface area contributed by atoms with Gasteiger partial charge in [0.15, 0.2) is 0 Å². The molecule has 0 bridgehead atoms. The van der Waals surface area contributed by atoms with Crippen molar-refractivity contribution < 1.29 is 9.26 Å². The lowest BCUT2D eigenvalue weighted by Crippen LogP contribution is -2.40. The zero-order valence-electron chi connectivity index (χ0n) is 17.5. The van der Waals surface area contributed by atoms with Crippen LogP contribution in [0.5, 0.6) is 0 Å². The van der Waals surface area contributed by atoms with Crippen molar-refractivity contribution in [1.29, 1.82) is 0 Å². The topological polar surface area (TPSA) is 51.4 Å². The summed E-state index contributed by atoms with van der Waals surface area (Å²) < 4.78 is 11.4. The van der Waals surface area contributed by atoms with Gasteiger partial charge in [0, 0.05) is 49.9 Å². The normalized spacial score (nSPS) is 19.2. The molecule has 5 heteroatoms. The van der Waals surface area contributed by atoms with E-state index in [2.05, 4.69) is 59.2 Å². The summed E-state index contributed by atoms with van der Waals surface area (Å²) in [6.45, 7) is 9.57. The van der Waals surface area contributed by atoms with Crippen molar-refractivity contribution in [3.63, 3.8) is 0 Å². The molecule has 1 aliphatic heterocycles. The van der Waals surface area contributed by atoms with Gasteiger partial charge in [-0.05, 0) is 55.2 Å². The maximum atomic E-state index is 5.93. The smallest absolute Gasteiger partial charge is 0.137 e. The standard InChI is InChI=1S/C24H29N3O2/c1-17-4-5-21(10-18(17)2)14-27(13-20-6-8-25-9-7-20)24-16-28-15-22(24)12-23-11-19(3)26-29-23/h4-11,22,24H,12-16H2,1-3H3/t22-,24-/m1/s1. The zero-order chi connectivity index (χ0) is 20.2. The lowest BCUT2D eigenvalue weighted by Gasteiger charge is -2.32. The van der Waals surface area contributed by atoms with E-state index < -0.39 is 0 Å². The number of aromatic nitrogens is 2. The molecule has 1 aliphatic rings. The van der Waals surface area contributed by atoms with Gasteiger partial charge in [0.05, 0.1) is 18.9 Å². The number of benzene rings is 1. The van der Waals surface area contributed by atoms with E-state index in [0.29, 0.717) is 12.0 Å². The van der Waals surface area contributed by atoms with Crippen LogP contribution in [0.1, 0.15) is 33.7 Å². The summed E-state index contributed by atoms with van der Waals surface area (Å²) in [5.74, 6) is 1.33. The van der Waals surface area contributed by atoms with Crippen LogP contribution >= 0.6 is 0 Å². The van der Waals surface area contributed by atoms with Crippen LogP contribution in [0.4, 0.5) is 0 Å². The van der Waals surface area contributed by atoms with Crippen LogP contribution < -0.4 is 0 Å². The molecule has 1 saturated heterocycles. The Labute approximate surface area is 172 Å². The van der Waals surface area contributed by atoms with Crippen LogP contribution in [0, 0.1) is 26.7 Å². The molecule has 0 N–H and O–H groups in total. The van der Waals surface area contributed by atoms with Crippen LogP contribution in [0.15, 0.2) is 53.3 Å². The monoisotopic (exact) mass is 391 g/mol. The van der Waals surface area contributed by atoms with Crippen molar-refractivity contribution in [2.24, 2.45) is 5.92 Å². The summed E-state index contributed by atoms with van der Waals surface area (Å²) in [5.41, 5.74) is 6.20. The number of ether oxygens (including phenoxy) is 1. The van der Waals surface area contributed by atoms with E-state index in [1.807, 2.05) is 25.4 Å². The van der Waals surface area contributed by atoms with Gasteiger partial charge in [-0.2, -0.15) is 0 Å². The Bertz CT molecular complexity index is 938. The molecule has 29 heavy (non-hydrogen) atoms. The fraction of sp³-hybridized carbons (Fsp3) is 0.417. The minimum atomic E-state index is 0.329. The number of pyridine rings is 1. The molecule has 0 saturated carbocycles. The average Bonchev–Trinajstić information content (AvgIpc) is 3.34. The first-order chi connectivity index (χ1) is 14.1. The average molecular weight is 392 g/mol. The number of rotatable bonds is 7. The van der Waals surface area contributed by atoms with Gasteiger partial charge in [0.25, 0.3) is 0 Å². The van der Waals surface area contributed by atoms with Gasteiger partial charge < -0.3 is 9.26 Å². The Balaban J connectivity index is 1.56. The molecule has 2 atom stereocenters. The Morgan fingerprint density at radius 1 is 0.931 bits per heavy atom. The lowest BCUT2D eigenvalue weighted by molar-refractivity contribution is 0.127. The molecule has 152 valence electrons. The molecule has 1 fully saturated rings. The summed E-state index contributed by atoms with van der Waals surface area (Å²) in [6, 6.07) is 13.3. The number of hydrogen-bond donors (Lipinski definition) is 0. The third kappa shape index (κ3) is 4.92. The first kappa shape index (κ1) is 19.8. The molecular formula is C24H29N3O2. The van der Waals surface area contributed by atoms with Crippen LogP contribution in [0.25, 0.3) is 0 Å². The molecule has 0 unspecified atom stereocenters. The second-order valence-corrected chi connectivity index (χ2v) is 8.18. The van der Waals surface area contributed by atoms with Crippen LogP contribution in [0.2, 0.25) is 0 Å². The Morgan fingerprint density at radius 2 is 1.72 bits per heavy atom. The fourth-order valence-corrected chi connectivity index (χ4v) is 4.11. The molecule has 1 aromatic carbocycles. The largest absolute Gasteiger partial charge is 0.379 e. The lowest BCUT2D eigenvalue weighted by atomic mass is 9.95. The first-order valence-electron chi connectivity index (χ1n) is 10.3. The summed E-state index contributed by atoms with van der Waals surface area (Å²) >= 11 is 0. The summed E-state index contributed by atoms with van der Waals surface area (Å²) in [4.78, 5) is 6.71. The van der Waals surface area contributed by atoms with Crippen molar-refractivity contribution >= 4 is 0 Å². The van der Waals surface area contributed by atoms with E-state index in [1.165, 1.54) is 22.3 Å². The number of hydrogen-bond acceptors (Lipinski definition) is 5. The molecule has 4 rings (SSSR count). The van der Waals surface area contributed by atoms with Crippen molar-refractivity contribution in [1.82, 2.24) is 15.0 Å². The number of aryl methyl sites for hydroxylation is 3. The van der Waals surface area contributed by atoms with Crippen molar-refractivity contribution in [3.05, 3.63) is 82.5 Å². The second kappa shape index (κ2) is 8.89. The maximum absolute atomic E-state index is 5.93. The minimum Gasteiger partial charge on any atom is -0.379 e. The van der Waals surface area contributed by atoms with E-state index in [0.717, 1.165) is 44.2 Å². The summed E-state index contributed by atoms with van der Waals surface area (Å²) in [7, 11) is 0. The van der Waals surface area contributed by atoms with Crippen molar-refractivity contribution in [3.8, 4) is 0 Å². The predicted octanol–water partition coefficient (Wildman–Crippen LogP) is 4.25. The molecule has 3 heterocycles. The zero-order valence-corrected chi connectivity index (χ0v) is 17.5. The van der Waals surface area contributed by atoms with Gasteiger partial charge in [-0.3, -0.25) is 9.88 Å². The van der Waals surface area contributed by atoms with E-state index in [9.17, 15) is 0 Å². The highest BCUT2D eigenvalue weighted by Crippen LogP contribution is 2.27. The van der Waals surface area contributed by atoms with Gasteiger partial charge in [0.1, 0.15) is 5.76 Å². The molecule has 3 aromatic rings. The predicted molar refractivity (Wildman–Crippen MR) is 112 cm³/mol. The van der Waals surface area contributed by atoms with E-state index in [-0.39, 0.29) is 0 Å². The Hall–Kier alpha value is -2.50. The molecule has 0 spiro atoms. The SMILES string of the molecule is Cc1cc(C[C@@H]2COC[C@H]2N(Cc2ccncc2)Cc2ccc(C)c(C)c2)on1. The van der Waals surface area contributed by atoms with Gasteiger partial charge in [-0.15, -0.1) is 0 Å². The first-order valence-corrected chi connectivity index (χ1v) is 10.3. The second-order valence-electron chi connectivity index (χ2n) is 8.18.